The summed E-state index contributed by atoms with van der Waals surface area (Å²) in [6.07, 6.45) is 3.42. The fourth-order valence-corrected chi connectivity index (χ4v) is 3.19. The first-order valence-electron chi connectivity index (χ1n) is 6.78. The third-order valence-corrected chi connectivity index (χ3v) is 4.64. The zero-order chi connectivity index (χ0) is 14.4. The number of allylic oxidation sites excluding steroid dienone is 2. The lowest BCUT2D eigenvalue weighted by atomic mass is 9.82. The minimum Gasteiger partial charge on any atom is -0.274 e. The van der Waals surface area contributed by atoms with E-state index >= 15 is 0 Å². The number of rotatable bonds is 1. The molecule has 0 N–H and O–H groups in total. The summed E-state index contributed by atoms with van der Waals surface area (Å²) < 4.78 is 0. The molecule has 0 saturated carbocycles. The van der Waals surface area contributed by atoms with Crippen LogP contribution in [0.25, 0.3) is 0 Å². The van der Waals surface area contributed by atoms with E-state index in [2.05, 4.69) is 6.08 Å². The van der Waals surface area contributed by atoms with Crippen LogP contribution in [0.4, 0.5) is 5.69 Å². The second kappa shape index (κ2) is 4.74. The monoisotopic (exact) mass is 289 g/mol. The number of carbonyl (C=O) groups is 2. The van der Waals surface area contributed by atoms with Crippen LogP contribution >= 0.6 is 11.6 Å². The van der Waals surface area contributed by atoms with Crippen molar-refractivity contribution in [2.75, 3.05) is 4.90 Å². The van der Waals surface area contributed by atoms with Crippen LogP contribution in [0.15, 0.2) is 29.8 Å². The highest BCUT2D eigenvalue weighted by atomic mass is 35.5. The van der Waals surface area contributed by atoms with Gasteiger partial charge in [0.15, 0.2) is 0 Å². The largest absolute Gasteiger partial charge is 0.274 e. The third-order valence-electron chi connectivity index (χ3n) is 4.24. The molecule has 0 bridgehead atoms. The van der Waals surface area contributed by atoms with Crippen molar-refractivity contribution in [2.45, 2.75) is 26.7 Å². The van der Waals surface area contributed by atoms with Crippen molar-refractivity contribution in [2.24, 2.45) is 11.8 Å². The first-order valence-corrected chi connectivity index (χ1v) is 7.16. The molecule has 1 aromatic rings. The summed E-state index contributed by atoms with van der Waals surface area (Å²) in [4.78, 5) is 26.3. The molecular weight excluding hydrogens is 274 g/mol. The Bertz CT molecular complexity index is 635. The number of amides is 2. The molecule has 1 aromatic carbocycles. The number of anilines is 1. The molecule has 2 aliphatic rings. The second-order valence-corrected chi connectivity index (χ2v) is 6.06. The lowest BCUT2D eigenvalue weighted by Gasteiger charge is -2.18. The van der Waals surface area contributed by atoms with Crippen molar-refractivity contribution < 1.29 is 9.59 Å². The highest BCUT2D eigenvalue weighted by molar-refractivity contribution is 6.32. The number of imide groups is 1. The molecule has 4 heteroatoms. The van der Waals surface area contributed by atoms with Gasteiger partial charge in [0.25, 0.3) is 0 Å². The van der Waals surface area contributed by atoms with Crippen LogP contribution < -0.4 is 4.90 Å². The van der Waals surface area contributed by atoms with Crippen LogP contribution in [0.3, 0.4) is 0 Å². The van der Waals surface area contributed by atoms with E-state index in [1.165, 1.54) is 10.5 Å². The van der Waals surface area contributed by atoms with E-state index in [1.54, 1.807) is 12.1 Å². The highest BCUT2D eigenvalue weighted by Crippen LogP contribution is 2.40. The average Bonchev–Trinajstić information content (AvgIpc) is 2.65. The summed E-state index contributed by atoms with van der Waals surface area (Å²) in [7, 11) is 0. The molecule has 20 heavy (non-hydrogen) atoms. The molecule has 3 nitrogen and oxygen atoms in total. The van der Waals surface area contributed by atoms with E-state index in [4.69, 9.17) is 11.6 Å². The topological polar surface area (TPSA) is 37.4 Å². The number of aryl methyl sites for hydroxylation is 1. The maximum absolute atomic E-state index is 12.5. The first kappa shape index (κ1) is 13.4. The summed E-state index contributed by atoms with van der Waals surface area (Å²) in [6, 6.07) is 5.32. The van der Waals surface area contributed by atoms with E-state index in [9.17, 15) is 9.59 Å². The van der Waals surface area contributed by atoms with Crippen molar-refractivity contribution in [1.82, 2.24) is 0 Å². The van der Waals surface area contributed by atoms with Gasteiger partial charge in [0.05, 0.1) is 17.5 Å². The lowest BCUT2D eigenvalue weighted by molar-refractivity contribution is -0.122. The van der Waals surface area contributed by atoms with Crippen LogP contribution in [0, 0.1) is 18.8 Å². The average molecular weight is 290 g/mol. The summed E-state index contributed by atoms with van der Waals surface area (Å²) in [6.45, 7) is 3.91. The van der Waals surface area contributed by atoms with Crippen LogP contribution in [0.5, 0.6) is 0 Å². The van der Waals surface area contributed by atoms with Crippen molar-refractivity contribution in [3.8, 4) is 0 Å². The van der Waals surface area contributed by atoms with Crippen LogP contribution in [0.2, 0.25) is 5.02 Å². The van der Waals surface area contributed by atoms with Gasteiger partial charge in [-0.1, -0.05) is 29.3 Å². The highest BCUT2D eigenvalue weighted by Gasteiger charge is 2.48. The Labute approximate surface area is 123 Å². The smallest absolute Gasteiger partial charge is 0.238 e. The Morgan fingerprint density at radius 3 is 2.55 bits per heavy atom. The minimum absolute atomic E-state index is 0.0904. The van der Waals surface area contributed by atoms with Gasteiger partial charge in [0.2, 0.25) is 11.8 Å². The van der Waals surface area contributed by atoms with Gasteiger partial charge in [-0.25, -0.2) is 4.90 Å². The third kappa shape index (κ3) is 1.97. The summed E-state index contributed by atoms with van der Waals surface area (Å²) >= 11 is 6.10. The normalized spacial score (nSPS) is 25.8. The molecule has 1 fully saturated rings. The number of hydrogen-bond donors (Lipinski definition) is 0. The summed E-state index contributed by atoms with van der Waals surface area (Å²) in [5, 5.41) is 0.576. The zero-order valence-electron chi connectivity index (χ0n) is 11.5. The maximum Gasteiger partial charge on any atom is 0.238 e. The zero-order valence-corrected chi connectivity index (χ0v) is 12.3. The van der Waals surface area contributed by atoms with Gasteiger partial charge in [-0.05, 0) is 44.4 Å². The minimum atomic E-state index is -0.203. The van der Waals surface area contributed by atoms with E-state index in [-0.39, 0.29) is 23.7 Å². The fourth-order valence-electron chi connectivity index (χ4n) is 3.01. The Hall–Kier alpha value is -1.61. The van der Waals surface area contributed by atoms with Crippen molar-refractivity contribution in [3.05, 3.63) is 40.4 Å². The lowest BCUT2D eigenvalue weighted by Crippen LogP contribution is -2.30. The summed E-state index contributed by atoms with van der Waals surface area (Å²) in [5.41, 5.74) is 2.71. The number of carbonyl (C=O) groups excluding carboxylic acids is 2. The number of hydrogen-bond acceptors (Lipinski definition) is 2. The van der Waals surface area contributed by atoms with Crippen molar-refractivity contribution >= 4 is 29.1 Å². The molecule has 2 amide bonds. The van der Waals surface area contributed by atoms with Gasteiger partial charge in [-0.3, -0.25) is 9.59 Å². The molecular formula is C16H16ClNO2. The maximum atomic E-state index is 12.5. The van der Waals surface area contributed by atoms with E-state index in [0.717, 1.165) is 5.56 Å². The van der Waals surface area contributed by atoms with Crippen LogP contribution in [-0.4, -0.2) is 11.8 Å². The van der Waals surface area contributed by atoms with E-state index in [1.807, 2.05) is 19.9 Å². The number of nitrogens with zero attached hydrogens (tertiary/aromatic N) is 1. The Morgan fingerprint density at radius 2 is 1.85 bits per heavy atom. The Balaban J connectivity index is 1.97. The van der Waals surface area contributed by atoms with Gasteiger partial charge in [0, 0.05) is 5.02 Å². The number of fused-ring (bicyclic) bond motifs is 1. The summed E-state index contributed by atoms with van der Waals surface area (Å²) in [5.74, 6) is -0.588. The first-order chi connectivity index (χ1) is 9.49. The van der Waals surface area contributed by atoms with Gasteiger partial charge >= 0.3 is 0 Å². The van der Waals surface area contributed by atoms with Crippen LogP contribution in [-0.2, 0) is 9.59 Å². The number of halogens is 1. The fraction of sp³-hybridized carbons (Fsp3) is 0.375. The van der Waals surface area contributed by atoms with E-state index in [0.29, 0.717) is 23.6 Å². The molecule has 0 unspecified atom stereocenters. The quantitative estimate of drug-likeness (QED) is 0.586. The number of benzene rings is 1. The molecule has 0 aromatic heterocycles. The van der Waals surface area contributed by atoms with Gasteiger partial charge in [-0.15, -0.1) is 0 Å². The van der Waals surface area contributed by atoms with Crippen molar-refractivity contribution in [3.63, 3.8) is 0 Å². The SMILES string of the molecule is CC1=CC[C@@H]2C(=O)N(c3ccc(C)c(Cl)c3)C(=O)[C@@H]2C1. The second-order valence-electron chi connectivity index (χ2n) is 5.65. The van der Waals surface area contributed by atoms with Gasteiger partial charge in [-0.2, -0.15) is 0 Å². The molecule has 3 rings (SSSR count). The van der Waals surface area contributed by atoms with Gasteiger partial charge in [0.1, 0.15) is 0 Å². The molecule has 1 saturated heterocycles. The molecule has 104 valence electrons. The van der Waals surface area contributed by atoms with Crippen molar-refractivity contribution in [1.29, 1.82) is 0 Å². The molecule has 2 atom stereocenters. The molecule has 0 spiro atoms. The predicted octanol–water partition coefficient (Wildman–Crippen LogP) is 3.49. The Morgan fingerprint density at radius 1 is 1.15 bits per heavy atom. The Kier molecular flexibility index (Phi) is 3.17. The van der Waals surface area contributed by atoms with Gasteiger partial charge < -0.3 is 0 Å². The standard InChI is InChI=1S/C16H16ClNO2/c1-9-3-6-12-13(7-9)16(20)18(15(12)19)11-5-4-10(2)14(17)8-11/h3-5,8,12-13H,6-7H2,1-2H3/t12-,13+/m0/s1. The molecule has 1 aliphatic carbocycles. The molecule has 1 heterocycles. The molecule has 0 radical (unpaired) electrons. The molecule has 1 aliphatic heterocycles. The van der Waals surface area contributed by atoms with E-state index < -0.39 is 0 Å². The van der Waals surface area contributed by atoms with Crippen LogP contribution in [0.1, 0.15) is 25.3 Å². The predicted molar refractivity (Wildman–Crippen MR) is 78.7 cm³/mol.